The Kier molecular flexibility index (Phi) is 8.10. The average molecular weight is 501 g/mol. The number of carbonyl (C=O) groups is 2. The lowest BCUT2D eigenvalue weighted by atomic mass is 9.95. The molecule has 1 saturated heterocycles. The van der Waals surface area contributed by atoms with E-state index >= 15 is 0 Å². The molecule has 0 aliphatic carbocycles. The van der Waals surface area contributed by atoms with E-state index in [0.29, 0.717) is 31.0 Å². The average Bonchev–Trinajstić information content (AvgIpc) is 3.05. The third-order valence-corrected chi connectivity index (χ3v) is 6.32. The fourth-order valence-corrected chi connectivity index (χ4v) is 4.45. The molecular weight excluding hydrogens is 472 g/mol. The van der Waals surface area contributed by atoms with E-state index in [1.165, 1.54) is 4.90 Å². The summed E-state index contributed by atoms with van der Waals surface area (Å²) in [5.41, 5.74) is 1.11. The molecule has 1 N–H and O–H groups in total. The van der Waals surface area contributed by atoms with Gasteiger partial charge in [0.2, 0.25) is 5.78 Å². The maximum Gasteiger partial charge on any atom is 0.295 e. The van der Waals surface area contributed by atoms with Crippen LogP contribution in [0, 0.1) is 0 Å². The lowest BCUT2D eigenvalue weighted by molar-refractivity contribution is -0.895. The first-order chi connectivity index (χ1) is 15.4. The quantitative estimate of drug-likeness (QED) is 0.324. The molecule has 1 heterocycles. The number of likely N-dealkylation sites (N-methyl/N-ethyl adjacent to an activating group) is 1. The van der Waals surface area contributed by atoms with Crippen LogP contribution in [-0.4, -0.2) is 49.4 Å². The summed E-state index contributed by atoms with van der Waals surface area (Å²) in [7, 11) is 0. The number of likely N-dealkylation sites (tertiary alicyclic amines) is 1. The highest BCUT2D eigenvalue weighted by atomic mass is 79.9. The number of hydrogen-bond donors (Lipinski definition) is 1. The van der Waals surface area contributed by atoms with Crippen molar-refractivity contribution in [2.75, 3.05) is 32.8 Å². The number of Topliss-reactive ketones (excluding diaryl/α,β-unsaturated/α-hetero) is 1. The Morgan fingerprint density at radius 1 is 1.09 bits per heavy atom. The van der Waals surface area contributed by atoms with Crippen molar-refractivity contribution in [1.82, 2.24) is 4.90 Å². The summed E-state index contributed by atoms with van der Waals surface area (Å²) in [6, 6.07) is 13.4. The van der Waals surface area contributed by atoms with Gasteiger partial charge in [0, 0.05) is 10.0 Å². The zero-order valence-electron chi connectivity index (χ0n) is 18.7. The largest absolute Gasteiger partial charge is 0.872 e. The number of quaternary nitrogens is 1. The number of amides is 1. The summed E-state index contributed by atoms with van der Waals surface area (Å²) >= 11 is 3.47. The van der Waals surface area contributed by atoms with Crippen molar-refractivity contribution in [3.63, 3.8) is 0 Å². The summed E-state index contributed by atoms with van der Waals surface area (Å²) in [5, 5.41) is 13.4. The molecule has 2 aromatic rings. The third-order valence-electron chi connectivity index (χ3n) is 5.83. The highest BCUT2D eigenvalue weighted by Crippen LogP contribution is 2.39. The van der Waals surface area contributed by atoms with E-state index in [1.54, 1.807) is 29.2 Å². The standard InChI is InChI=1S/C25H29BrN2O4/c1-4-27(5-2)14-15-28-22(18-8-7-9-19(26)16-18)21(24(30)25(28)31)23(29)17-10-12-20(13-11-17)32-6-3/h7-13,16,22,29H,4-6,14-15H2,1-3H3/b23-21+. The number of nitrogens with one attached hydrogen (secondary N) is 1. The molecule has 1 fully saturated rings. The summed E-state index contributed by atoms with van der Waals surface area (Å²) in [6.07, 6.45) is 0. The van der Waals surface area contributed by atoms with Crippen LogP contribution in [0.25, 0.3) is 5.76 Å². The van der Waals surface area contributed by atoms with Crippen molar-refractivity contribution in [1.29, 1.82) is 0 Å². The van der Waals surface area contributed by atoms with Gasteiger partial charge >= 0.3 is 0 Å². The van der Waals surface area contributed by atoms with Gasteiger partial charge in [0.15, 0.2) is 0 Å². The van der Waals surface area contributed by atoms with Crippen LogP contribution in [0.3, 0.4) is 0 Å². The van der Waals surface area contributed by atoms with Gasteiger partial charge in [-0.25, -0.2) is 0 Å². The van der Waals surface area contributed by atoms with Gasteiger partial charge in [0.05, 0.1) is 38.8 Å². The fraction of sp³-hybridized carbons (Fsp3) is 0.360. The molecule has 170 valence electrons. The van der Waals surface area contributed by atoms with Gasteiger partial charge in [-0.3, -0.25) is 9.59 Å². The number of carbonyl (C=O) groups excluding carboxylic acids is 2. The smallest absolute Gasteiger partial charge is 0.295 e. The van der Waals surface area contributed by atoms with Crippen LogP contribution in [0.15, 0.2) is 58.6 Å². The highest BCUT2D eigenvalue weighted by Gasteiger charge is 2.44. The molecule has 1 amide bonds. The SMILES string of the molecule is CCOc1ccc(/C([O-])=C2\C(=O)C(=O)N(CC[NH+](CC)CC)C2c2cccc(Br)c2)cc1. The Morgan fingerprint density at radius 3 is 2.38 bits per heavy atom. The first kappa shape index (κ1) is 24.0. The molecule has 1 atom stereocenters. The lowest BCUT2D eigenvalue weighted by Crippen LogP contribution is -3.12. The van der Waals surface area contributed by atoms with Crippen LogP contribution in [0.5, 0.6) is 5.75 Å². The molecule has 0 saturated carbocycles. The van der Waals surface area contributed by atoms with Gasteiger partial charge in [-0.1, -0.05) is 46.0 Å². The molecule has 1 aliphatic rings. The minimum Gasteiger partial charge on any atom is -0.872 e. The summed E-state index contributed by atoms with van der Waals surface area (Å²) in [6.45, 7) is 9.55. The first-order valence-electron chi connectivity index (χ1n) is 11.0. The molecule has 7 heteroatoms. The Balaban J connectivity index is 2.06. The van der Waals surface area contributed by atoms with E-state index in [0.717, 1.165) is 23.1 Å². The zero-order chi connectivity index (χ0) is 23.3. The minimum absolute atomic E-state index is 0.00630. The predicted octanol–water partition coefficient (Wildman–Crippen LogP) is 2.00. The molecule has 6 nitrogen and oxygen atoms in total. The van der Waals surface area contributed by atoms with E-state index in [-0.39, 0.29) is 5.57 Å². The van der Waals surface area contributed by atoms with E-state index in [4.69, 9.17) is 4.74 Å². The lowest BCUT2D eigenvalue weighted by Gasteiger charge is -2.28. The van der Waals surface area contributed by atoms with Crippen molar-refractivity contribution >= 4 is 33.4 Å². The molecule has 1 aliphatic heterocycles. The van der Waals surface area contributed by atoms with Crippen LogP contribution < -0.4 is 14.7 Å². The second-order valence-corrected chi connectivity index (χ2v) is 8.61. The Bertz CT molecular complexity index is 999. The third kappa shape index (κ3) is 5.05. The molecule has 0 radical (unpaired) electrons. The second kappa shape index (κ2) is 10.8. The maximum absolute atomic E-state index is 13.4. The minimum atomic E-state index is -0.719. The Labute approximate surface area is 197 Å². The van der Waals surface area contributed by atoms with E-state index in [2.05, 4.69) is 29.8 Å². The van der Waals surface area contributed by atoms with E-state index in [9.17, 15) is 14.7 Å². The van der Waals surface area contributed by atoms with Crippen molar-refractivity contribution in [2.24, 2.45) is 0 Å². The van der Waals surface area contributed by atoms with Gasteiger partial charge in [-0.05, 0) is 56.2 Å². The van der Waals surface area contributed by atoms with Crippen molar-refractivity contribution in [3.8, 4) is 5.75 Å². The summed E-state index contributed by atoms with van der Waals surface area (Å²) < 4.78 is 6.27. The molecular formula is C25H29BrN2O4. The predicted molar refractivity (Wildman–Crippen MR) is 125 cm³/mol. The van der Waals surface area contributed by atoms with E-state index in [1.807, 2.05) is 31.2 Å². The van der Waals surface area contributed by atoms with Gasteiger partial charge < -0.3 is 19.6 Å². The van der Waals surface area contributed by atoms with Crippen LogP contribution >= 0.6 is 15.9 Å². The Morgan fingerprint density at radius 2 is 1.78 bits per heavy atom. The van der Waals surface area contributed by atoms with Gasteiger partial charge in [-0.2, -0.15) is 0 Å². The number of ether oxygens (including phenoxy) is 1. The number of halogens is 1. The fourth-order valence-electron chi connectivity index (χ4n) is 4.03. The monoisotopic (exact) mass is 500 g/mol. The maximum atomic E-state index is 13.4. The summed E-state index contributed by atoms with van der Waals surface area (Å²) in [4.78, 5) is 28.9. The Hall–Kier alpha value is -2.64. The van der Waals surface area contributed by atoms with Crippen molar-refractivity contribution in [3.05, 3.63) is 69.7 Å². The molecule has 0 spiro atoms. The molecule has 0 bridgehead atoms. The van der Waals surface area contributed by atoms with Gasteiger partial charge in [0.1, 0.15) is 5.75 Å². The zero-order valence-corrected chi connectivity index (χ0v) is 20.3. The number of nitrogens with zero attached hydrogens (tertiary/aromatic N) is 1. The topological polar surface area (TPSA) is 74.1 Å². The van der Waals surface area contributed by atoms with Crippen LogP contribution in [0.2, 0.25) is 0 Å². The van der Waals surface area contributed by atoms with Crippen LogP contribution in [0.1, 0.15) is 37.9 Å². The van der Waals surface area contributed by atoms with Crippen LogP contribution in [-0.2, 0) is 9.59 Å². The van der Waals surface area contributed by atoms with Gasteiger partial charge in [0.25, 0.3) is 5.91 Å². The number of rotatable bonds is 9. The summed E-state index contributed by atoms with van der Waals surface area (Å²) in [5.74, 6) is -1.11. The first-order valence-corrected chi connectivity index (χ1v) is 11.8. The van der Waals surface area contributed by atoms with E-state index < -0.39 is 23.5 Å². The number of ketones is 1. The van der Waals surface area contributed by atoms with Crippen LogP contribution in [0.4, 0.5) is 0 Å². The highest BCUT2D eigenvalue weighted by molar-refractivity contribution is 9.10. The van der Waals surface area contributed by atoms with Crippen molar-refractivity contribution < 1.29 is 24.3 Å². The number of hydrogen-bond acceptors (Lipinski definition) is 4. The molecule has 2 aromatic carbocycles. The van der Waals surface area contributed by atoms with Crippen molar-refractivity contribution in [2.45, 2.75) is 26.8 Å². The van der Waals surface area contributed by atoms with Gasteiger partial charge in [-0.15, -0.1) is 0 Å². The second-order valence-electron chi connectivity index (χ2n) is 7.69. The number of benzene rings is 2. The molecule has 32 heavy (non-hydrogen) atoms. The molecule has 0 aromatic heterocycles. The molecule has 1 unspecified atom stereocenters. The normalized spacial score (nSPS) is 17.9. The molecule has 3 rings (SSSR count).